The molecule has 1 aliphatic rings. The van der Waals surface area contributed by atoms with Crippen molar-refractivity contribution in [1.29, 1.82) is 0 Å². The lowest BCUT2D eigenvalue weighted by Crippen LogP contribution is -2.48. The number of likely N-dealkylation sites (tertiary alicyclic amines) is 1. The van der Waals surface area contributed by atoms with Crippen molar-refractivity contribution < 1.29 is 4.79 Å². The smallest absolute Gasteiger partial charge is 0.230 e. The van der Waals surface area contributed by atoms with Gasteiger partial charge in [-0.15, -0.1) is 0 Å². The molecule has 0 radical (unpaired) electrons. The van der Waals surface area contributed by atoms with Crippen LogP contribution in [0.5, 0.6) is 0 Å². The average Bonchev–Trinajstić information content (AvgIpc) is 2.57. The molecule has 3 nitrogen and oxygen atoms in total. The fourth-order valence-corrected chi connectivity index (χ4v) is 2.73. The van der Waals surface area contributed by atoms with E-state index in [9.17, 15) is 4.79 Å². The van der Waals surface area contributed by atoms with Crippen LogP contribution in [0.4, 0.5) is 0 Å². The second-order valence-corrected chi connectivity index (χ2v) is 5.52. The fraction of sp³-hybridized carbons (Fsp3) is 0.929. The zero-order chi connectivity index (χ0) is 12.9. The van der Waals surface area contributed by atoms with Crippen LogP contribution in [0.1, 0.15) is 52.9 Å². The van der Waals surface area contributed by atoms with Crippen LogP contribution in [0.25, 0.3) is 0 Å². The standard InChI is InChI=1S/C14H28N2O/c1-4-14(5-2,11-15)13(17)16-9-6-7-12(3)8-10-16/h12H,4-11,15H2,1-3H3. The highest BCUT2D eigenvalue weighted by atomic mass is 16.2. The first-order valence-electron chi connectivity index (χ1n) is 7.09. The molecule has 100 valence electrons. The molecule has 1 aliphatic heterocycles. The summed E-state index contributed by atoms with van der Waals surface area (Å²) in [6.45, 7) is 8.75. The summed E-state index contributed by atoms with van der Waals surface area (Å²) in [5, 5.41) is 0. The van der Waals surface area contributed by atoms with Gasteiger partial charge in [-0.05, 0) is 38.0 Å². The van der Waals surface area contributed by atoms with Crippen molar-refractivity contribution in [2.75, 3.05) is 19.6 Å². The Labute approximate surface area is 106 Å². The van der Waals surface area contributed by atoms with E-state index >= 15 is 0 Å². The van der Waals surface area contributed by atoms with Crippen molar-refractivity contribution in [2.45, 2.75) is 52.9 Å². The van der Waals surface area contributed by atoms with Crippen molar-refractivity contribution in [3.8, 4) is 0 Å². The summed E-state index contributed by atoms with van der Waals surface area (Å²) in [6.07, 6.45) is 5.23. The Morgan fingerprint density at radius 1 is 1.29 bits per heavy atom. The number of carbonyl (C=O) groups is 1. The Balaban J connectivity index is 2.73. The van der Waals surface area contributed by atoms with E-state index in [0.29, 0.717) is 12.5 Å². The van der Waals surface area contributed by atoms with Crippen LogP contribution in [0, 0.1) is 11.3 Å². The summed E-state index contributed by atoms with van der Waals surface area (Å²) in [6, 6.07) is 0. The van der Waals surface area contributed by atoms with Crippen molar-refractivity contribution in [3.05, 3.63) is 0 Å². The van der Waals surface area contributed by atoms with E-state index in [0.717, 1.165) is 44.7 Å². The highest BCUT2D eigenvalue weighted by Gasteiger charge is 2.37. The van der Waals surface area contributed by atoms with Crippen LogP contribution in [0.3, 0.4) is 0 Å². The molecule has 0 bridgehead atoms. The first kappa shape index (κ1) is 14.5. The van der Waals surface area contributed by atoms with Crippen LogP contribution in [0.15, 0.2) is 0 Å². The second kappa shape index (κ2) is 6.39. The predicted molar refractivity (Wildman–Crippen MR) is 71.7 cm³/mol. The Kier molecular flexibility index (Phi) is 5.44. The predicted octanol–water partition coefficient (Wildman–Crippen LogP) is 2.40. The van der Waals surface area contributed by atoms with Crippen LogP contribution >= 0.6 is 0 Å². The lowest BCUT2D eigenvalue weighted by molar-refractivity contribution is -0.142. The molecule has 0 saturated carbocycles. The summed E-state index contributed by atoms with van der Waals surface area (Å²) < 4.78 is 0. The molecule has 0 spiro atoms. The molecule has 0 aliphatic carbocycles. The fourth-order valence-electron chi connectivity index (χ4n) is 2.73. The number of hydrogen-bond acceptors (Lipinski definition) is 2. The molecular formula is C14H28N2O. The zero-order valence-corrected chi connectivity index (χ0v) is 11.7. The lowest BCUT2D eigenvalue weighted by Gasteiger charge is -2.34. The summed E-state index contributed by atoms with van der Waals surface area (Å²) in [5.41, 5.74) is 5.54. The maximum Gasteiger partial charge on any atom is 0.230 e. The molecular weight excluding hydrogens is 212 g/mol. The summed E-state index contributed by atoms with van der Waals surface area (Å²) in [4.78, 5) is 14.7. The molecule has 17 heavy (non-hydrogen) atoms. The second-order valence-electron chi connectivity index (χ2n) is 5.52. The van der Waals surface area contributed by atoms with Gasteiger partial charge in [-0.2, -0.15) is 0 Å². The van der Waals surface area contributed by atoms with Crippen LogP contribution < -0.4 is 5.73 Å². The lowest BCUT2D eigenvalue weighted by atomic mass is 9.81. The van der Waals surface area contributed by atoms with Gasteiger partial charge in [0.25, 0.3) is 0 Å². The van der Waals surface area contributed by atoms with Gasteiger partial charge in [0.2, 0.25) is 5.91 Å². The topological polar surface area (TPSA) is 46.3 Å². The number of hydrogen-bond donors (Lipinski definition) is 1. The molecule has 1 saturated heterocycles. The zero-order valence-electron chi connectivity index (χ0n) is 11.7. The molecule has 1 atom stereocenters. The Morgan fingerprint density at radius 2 is 1.94 bits per heavy atom. The van der Waals surface area contributed by atoms with Gasteiger partial charge < -0.3 is 10.6 Å². The molecule has 2 N–H and O–H groups in total. The molecule has 1 heterocycles. The molecule has 0 aromatic heterocycles. The van der Waals surface area contributed by atoms with Gasteiger partial charge in [0.05, 0.1) is 5.41 Å². The molecule has 1 amide bonds. The van der Waals surface area contributed by atoms with Crippen molar-refractivity contribution >= 4 is 5.91 Å². The minimum atomic E-state index is -0.312. The van der Waals surface area contributed by atoms with Gasteiger partial charge in [0.1, 0.15) is 0 Å². The first-order valence-corrected chi connectivity index (χ1v) is 7.09. The maximum absolute atomic E-state index is 12.6. The Hall–Kier alpha value is -0.570. The Morgan fingerprint density at radius 3 is 2.47 bits per heavy atom. The van der Waals surface area contributed by atoms with E-state index in [1.807, 2.05) is 0 Å². The van der Waals surface area contributed by atoms with Gasteiger partial charge in [-0.25, -0.2) is 0 Å². The van der Waals surface area contributed by atoms with Crippen molar-refractivity contribution in [1.82, 2.24) is 4.90 Å². The number of nitrogens with two attached hydrogens (primary N) is 1. The SMILES string of the molecule is CCC(CC)(CN)C(=O)N1CCCC(C)CC1. The summed E-state index contributed by atoms with van der Waals surface area (Å²) >= 11 is 0. The molecule has 1 fully saturated rings. The first-order chi connectivity index (χ1) is 8.09. The van der Waals surface area contributed by atoms with Gasteiger partial charge in [0, 0.05) is 19.6 Å². The third-order valence-electron chi connectivity index (χ3n) is 4.50. The highest BCUT2D eigenvalue weighted by Crippen LogP contribution is 2.29. The van der Waals surface area contributed by atoms with E-state index in [1.165, 1.54) is 6.42 Å². The minimum absolute atomic E-state index is 0.291. The largest absolute Gasteiger partial charge is 0.342 e. The number of nitrogens with zero attached hydrogens (tertiary/aromatic N) is 1. The molecule has 3 heteroatoms. The normalized spacial score (nSPS) is 22.4. The molecule has 0 aromatic carbocycles. The van der Waals surface area contributed by atoms with Gasteiger partial charge >= 0.3 is 0 Å². The average molecular weight is 240 g/mol. The minimum Gasteiger partial charge on any atom is -0.342 e. The van der Waals surface area contributed by atoms with Crippen molar-refractivity contribution in [3.63, 3.8) is 0 Å². The summed E-state index contributed by atoms with van der Waals surface area (Å²) in [7, 11) is 0. The van der Waals surface area contributed by atoms with E-state index in [-0.39, 0.29) is 5.41 Å². The van der Waals surface area contributed by atoms with E-state index in [4.69, 9.17) is 5.73 Å². The monoisotopic (exact) mass is 240 g/mol. The molecule has 1 unspecified atom stereocenters. The van der Waals surface area contributed by atoms with E-state index < -0.39 is 0 Å². The van der Waals surface area contributed by atoms with Gasteiger partial charge in [0.15, 0.2) is 0 Å². The van der Waals surface area contributed by atoms with Gasteiger partial charge in [-0.1, -0.05) is 20.8 Å². The quantitative estimate of drug-likeness (QED) is 0.820. The highest BCUT2D eigenvalue weighted by molar-refractivity contribution is 5.83. The number of rotatable bonds is 4. The van der Waals surface area contributed by atoms with E-state index in [1.54, 1.807) is 0 Å². The van der Waals surface area contributed by atoms with Crippen LogP contribution in [-0.2, 0) is 4.79 Å². The number of amides is 1. The third kappa shape index (κ3) is 3.21. The maximum atomic E-state index is 12.6. The van der Waals surface area contributed by atoms with Crippen LogP contribution in [0.2, 0.25) is 0 Å². The van der Waals surface area contributed by atoms with Crippen molar-refractivity contribution in [2.24, 2.45) is 17.1 Å². The molecule has 0 aromatic rings. The van der Waals surface area contributed by atoms with Gasteiger partial charge in [-0.3, -0.25) is 4.79 Å². The summed E-state index contributed by atoms with van der Waals surface area (Å²) in [5.74, 6) is 1.04. The Bertz CT molecular complexity index is 240. The number of carbonyl (C=O) groups excluding carboxylic acids is 1. The van der Waals surface area contributed by atoms with E-state index in [2.05, 4.69) is 25.7 Å². The molecule has 1 rings (SSSR count). The van der Waals surface area contributed by atoms with Crippen LogP contribution in [-0.4, -0.2) is 30.4 Å². The third-order valence-corrected chi connectivity index (χ3v) is 4.50.